The normalized spacial score (nSPS) is 13.1. The summed E-state index contributed by atoms with van der Waals surface area (Å²) < 4.78 is 0. The Kier molecular flexibility index (Phi) is 4.49. The number of hydrogen-bond donors (Lipinski definition) is 2. The van der Waals surface area contributed by atoms with Gasteiger partial charge in [0.25, 0.3) is 11.8 Å². The van der Waals surface area contributed by atoms with Crippen molar-refractivity contribution in [3.8, 4) is 0 Å². The number of imide groups is 1. The van der Waals surface area contributed by atoms with Crippen LogP contribution in [0.1, 0.15) is 43.9 Å². The van der Waals surface area contributed by atoms with Gasteiger partial charge in [0.05, 0.1) is 23.1 Å². The molecule has 9 nitrogen and oxygen atoms in total. The Hall–Kier alpha value is -2.78. The zero-order chi connectivity index (χ0) is 16.3. The smallest absolute Gasteiger partial charge is 0.301 e. The fourth-order valence-electron chi connectivity index (χ4n) is 2.18. The quantitative estimate of drug-likeness (QED) is 0.462. The van der Waals surface area contributed by atoms with Crippen LogP contribution in [-0.4, -0.2) is 45.7 Å². The molecule has 0 unspecified atom stereocenters. The summed E-state index contributed by atoms with van der Waals surface area (Å²) in [6.07, 6.45) is -0.0971. The van der Waals surface area contributed by atoms with Gasteiger partial charge >= 0.3 is 11.9 Å². The molecule has 0 saturated heterocycles. The van der Waals surface area contributed by atoms with Crippen molar-refractivity contribution in [3.63, 3.8) is 0 Å². The molecule has 1 aliphatic rings. The molecule has 1 aromatic rings. The van der Waals surface area contributed by atoms with Crippen LogP contribution in [0.2, 0.25) is 0 Å². The van der Waals surface area contributed by atoms with Crippen molar-refractivity contribution in [3.05, 3.63) is 34.9 Å². The van der Waals surface area contributed by atoms with E-state index < -0.39 is 23.8 Å². The summed E-state index contributed by atoms with van der Waals surface area (Å²) in [6, 6.07) is 3.99. The minimum atomic E-state index is -1.15. The lowest BCUT2D eigenvalue weighted by Crippen LogP contribution is -2.31. The van der Waals surface area contributed by atoms with Crippen LogP contribution in [0.25, 0.3) is 0 Å². The van der Waals surface area contributed by atoms with Gasteiger partial charge in [-0.2, -0.15) is 10.5 Å². The number of carbonyl (C=O) groups excluding carboxylic acids is 4. The Labute approximate surface area is 123 Å². The molecule has 2 N–H and O–H groups in total. The first-order chi connectivity index (χ1) is 10.5. The Balaban J connectivity index is 2.22. The predicted octanol–water partition coefficient (Wildman–Crippen LogP) is 0.709. The molecule has 1 heterocycles. The fraction of sp³-hybridized carbons (Fsp3) is 0.231. The molecule has 0 fully saturated rings. The highest BCUT2D eigenvalue weighted by molar-refractivity contribution is 6.24. The number of rotatable bonds is 5. The van der Waals surface area contributed by atoms with Crippen LogP contribution in [-0.2, 0) is 14.6 Å². The van der Waals surface area contributed by atoms with E-state index in [4.69, 9.17) is 10.5 Å². The molecule has 116 valence electrons. The van der Waals surface area contributed by atoms with Gasteiger partial charge in [-0.15, -0.1) is 0 Å². The Morgan fingerprint density at radius 1 is 1.09 bits per heavy atom. The maximum Gasteiger partial charge on any atom is 0.373 e. The van der Waals surface area contributed by atoms with Crippen LogP contribution in [0.15, 0.2) is 18.2 Å². The summed E-state index contributed by atoms with van der Waals surface area (Å²) in [7, 11) is 0. The molecule has 0 aliphatic carbocycles. The summed E-state index contributed by atoms with van der Waals surface area (Å²) in [5.41, 5.74) is -0.371. The molecular weight excluding hydrogens is 298 g/mol. The first-order valence-electron chi connectivity index (χ1n) is 6.20. The third-order valence-electron chi connectivity index (χ3n) is 3.17. The third-order valence-corrected chi connectivity index (χ3v) is 3.17. The summed E-state index contributed by atoms with van der Waals surface area (Å²) in [5.74, 6) is -3.38. The minimum absolute atomic E-state index is 0.0117. The van der Waals surface area contributed by atoms with E-state index in [9.17, 15) is 19.2 Å². The van der Waals surface area contributed by atoms with Gasteiger partial charge in [-0.25, -0.2) is 9.59 Å². The predicted molar refractivity (Wildman–Crippen MR) is 67.8 cm³/mol. The maximum atomic E-state index is 12.2. The van der Waals surface area contributed by atoms with Crippen LogP contribution in [0.5, 0.6) is 0 Å². The van der Waals surface area contributed by atoms with Crippen molar-refractivity contribution in [2.45, 2.75) is 12.8 Å². The van der Waals surface area contributed by atoms with Crippen molar-refractivity contribution in [1.29, 1.82) is 0 Å². The molecular formula is C13H11NO8. The SMILES string of the molecule is O=C(CCCN1C(=O)c2cccc(C(=O)OO)c2C1=O)OO. The van der Waals surface area contributed by atoms with Crippen LogP contribution in [0.3, 0.4) is 0 Å². The average molecular weight is 309 g/mol. The molecule has 0 saturated carbocycles. The highest BCUT2D eigenvalue weighted by Gasteiger charge is 2.38. The van der Waals surface area contributed by atoms with Gasteiger partial charge in [0.2, 0.25) is 0 Å². The van der Waals surface area contributed by atoms with Crippen molar-refractivity contribution >= 4 is 23.8 Å². The van der Waals surface area contributed by atoms with Gasteiger partial charge < -0.3 is 4.89 Å². The molecule has 0 spiro atoms. The van der Waals surface area contributed by atoms with E-state index in [2.05, 4.69) is 9.78 Å². The first kappa shape index (κ1) is 15.6. The molecule has 22 heavy (non-hydrogen) atoms. The Morgan fingerprint density at radius 3 is 2.45 bits per heavy atom. The molecule has 0 bridgehead atoms. The summed E-state index contributed by atoms with van der Waals surface area (Å²) in [5, 5.41) is 16.6. The number of fused-ring (bicyclic) bond motifs is 1. The Bertz CT molecular complexity index is 653. The molecule has 1 aliphatic heterocycles. The second-order valence-electron chi connectivity index (χ2n) is 4.44. The van der Waals surface area contributed by atoms with E-state index in [0.29, 0.717) is 0 Å². The van der Waals surface area contributed by atoms with Crippen molar-refractivity contribution in [2.24, 2.45) is 0 Å². The molecule has 0 aromatic heterocycles. The minimum Gasteiger partial charge on any atom is -0.301 e. The number of amides is 2. The van der Waals surface area contributed by atoms with Gasteiger partial charge in [0, 0.05) is 6.54 Å². The standard InChI is InChI=1S/C13H11NO8/c15-9(21-19)5-2-6-14-11(16)7-3-1-4-8(13(18)22-20)10(7)12(14)17/h1,3-4,19-20H,2,5-6H2. The highest BCUT2D eigenvalue weighted by Crippen LogP contribution is 2.26. The summed E-state index contributed by atoms with van der Waals surface area (Å²) in [6.45, 7) is -0.0882. The van der Waals surface area contributed by atoms with Crippen LogP contribution in [0.4, 0.5) is 0 Å². The largest absolute Gasteiger partial charge is 0.373 e. The lowest BCUT2D eigenvalue weighted by molar-refractivity contribution is -0.234. The van der Waals surface area contributed by atoms with Crippen molar-refractivity contribution in [1.82, 2.24) is 4.90 Å². The number of benzene rings is 1. The van der Waals surface area contributed by atoms with Gasteiger partial charge in [-0.1, -0.05) is 6.07 Å². The van der Waals surface area contributed by atoms with E-state index >= 15 is 0 Å². The topological polar surface area (TPSA) is 130 Å². The van der Waals surface area contributed by atoms with Gasteiger partial charge in [-0.05, 0) is 18.6 Å². The van der Waals surface area contributed by atoms with Crippen molar-refractivity contribution < 1.29 is 39.5 Å². The molecule has 2 amide bonds. The van der Waals surface area contributed by atoms with Gasteiger partial charge in [0.15, 0.2) is 0 Å². The number of hydrogen-bond acceptors (Lipinski definition) is 8. The van der Waals surface area contributed by atoms with E-state index in [0.717, 1.165) is 4.90 Å². The van der Waals surface area contributed by atoms with E-state index in [1.54, 1.807) is 0 Å². The number of nitrogens with zero attached hydrogens (tertiary/aromatic N) is 1. The Morgan fingerprint density at radius 2 is 1.82 bits per heavy atom. The first-order valence-corrected chi connectivity index (χ1v) is 6.20. The fourth-order valence-corrected chi connectivity index (χ4v) is 2.18. The average Bonchev–Trinajstić information content (AvgIpc) is 2.78. The van der Waals surface area contributed by atoms with Crippen LogP contribution >= 0.6 is 0 Å². The van der Waals surface area contributed by atoms with Gasteiger partial charge in [-0.3, -0.25) is 19.4 Å². The lowest BCUT2D eigenvalue weighted by Gasteiger charge is -2.12. The summed E-state index contributed by atoms with van der Waals surface area (Å²) >= 11 is 0. The third kappa shape index (κ3) is 2.67. The zero-order valence-electron chi connectivity index (χ0n) is 11.1. The highest BCUT2D eigenvalue weighted by atomic mass is 17.1. The van der Waals surface area contributed by atoms with Crippen LogP contribution in [0, 0.1) is 0 Å². The van der Waals surface area contributed by atoms with Gasteiger partial charge in [0.1, 0.15) is 0 Å². The lowest BCUT2D eigenvalue weighted by atomic mass is 10.0. The van der Waals surface area contributed by atoms with Crippen molar-refractivity contribution in [2.75, 3.05) is 6.54 Å². The van der Waals surface area contributed by atoms with Crippen LogP contribution < -0.4 is 0 Å². The second-order valence-corrected chi connectivity index (χ2v) is 4.44. The molecule has 0 atom stereocenters. The van der Waals surface area contributed by atoms with E-state index in [1.807, 2.05) is 0 Å². The zero-order valence-corrected chi connectivity index (χ0v) is 11.1. The number of carbonyl (C=O) groups is 4. The molecule has 0 radical (unpaired) electrons. The summed E-state index contributed by atoms with van der Waals surface area (Å²) in [4.78, 5) is 54.6. The molecule has 1 aromatic carbocycles. The van der Waals surface area contributed by atoms with E-state index in [-0.39, 0.29) is 36.1 Å². The van der Waals surface area contributed by atoms with E-state index in [1.165, 1.54) is 18.2 Å². The monoisotopic (exact) mass is 309 g/mol. The maximum absolute atomic E-state index is 12.2. The molecule has 9 heteroatoms. The molecule has 2 rings (SSSR count). The second kappa shape index (κ2) is 6.33.